The van der Waals surface area contributed by atoms with Crippen LogP contribution in [-0.4, -0.2) is 21.6 Å². The summed E-state index contributed by atoms with van der Waals surface area (Å²) in [6.45, 7) is 0. The summed E-state index contributed by atoms with van der Waals surface area (Å²) in [4.78, 5) is 25.5. The summed E-state index contributed by atoms with van der Waals surface area (Å²) in [6.07, 6.45) is 1.52. The summed E-state index contributed by atoms with van der Waals surface area (Å²) >= 11 is 6.16. The van der Waals surface area contributed by atoms with Crippen LogP contribution in [0.4, 0.5) is 15.9 Å². The van der Waals surface area contributed by atoms with Gasteiger partial charge in [-0.15, -0.1) is 0 Å². The van der Waals surface area contributed by atoms with E-state index >= 15 is 0 Å². The van der Waals surface area contributed by atoms with E-state index in [9.17, 15) is 14.0 Å². The second-order valence-electron chi connectivity index (χ2n) is 6.57. The number of nitrogens with one attached hydrogen (secondary N) is 2. The molecule has 3 heterocycles. The van der Waals surface area contributed by atoms with Crippen molar-refractivity contribution in [1.29, 1.82) is 0 Å². The first-order valence-corrected chi connectivity index (χ1v) is 8.62. The molecule has 6 nitrogen and oxygen atoms in total. The number of hydrogen-bond donors (Lipinski definition) is 2. The Labute approximate surface area is 157 Å². The molecule has 0 bridgehead atoms. The van der Waals surface area contributed by atoms with Gasteiger partial charge in [0, 0.05) is 22.7 Å². The van der Waals surface area contributed by atoms with E-state index in [0.29, 0.717) is 33.3 Å². The Morgan fingerprint density at radius 1 is 1.07 bits per heavy atom. The standard InChI is InChI=1S/C19H12ClFN4O2/c20-10-1-6-15-13(7-10)19(18(27)23-15)8-16(26)24-17-14(19)9-22-25(17)12-4-2-11(21)3-5-12/h1-7,9H,8H2,(H,23,27)(H,24,26)/t19-/m1/s1. The van der Waals surface area contributed by atoms with Crippen molar-refractivity contribution in [2.24, 2.45) is 0 Å². The van der Waals surface area contributed by atoms with Gasteiger partial charge in [-0.2, -0.15) is 5.10 Å². The van der Waals surface area contributed by atoms with Crippen molar-refractivity contribution in [3.05, 3.63) is 70.6 Å². The molecule has 8 heteroatoms. The van der Waals surface area contributed by atoms with Gasteiger partial charge in [0.1, 0.15) is 17.1 Å². The van der Waals surface area contributed by atoms with Crippen LogP contribution in [0.5, 0.6) is 0 Å². The van der Waals surface area contributed by atoms with E-state index in [0.717, 1.165) is 0 Å². The zero-order valence-electron chi connectivity index (χ0n) is 13.8. The molecule has 2 aliphatic heterocycles. The van der Waals surface area contributed by atoms with Gasteiger partial charge in [0.25, 0.3) is 0 Å². The quantitative estimate of drug-likeness (QED) is 0.678. The van der Waals surface area contributed by atoms with Crippen LogP contribution in [-0.2, 0) is 15.0 Å². The smallest absolute Gasteiger partial charge is 0.240 e. The maximum atomic E-state index is 13.3. The van der Waals surface area contributed by atoms with Crippen molar-refractivity contribution in [1.82, 2.24) is 9.78 Å². The van der Waals surface area contributed by atoms with E-state index in [-0.39, 0.29) is 24.1 Å². The average molecular weight is 383 g/mol. The molecule has 0 saturated heterocycles. The number of rotatable bonds is 1. The third-order valence-corrected chi connectivity index (χ3v) is 5.30. The summed E-state index contributed by atoms with van der Waals surface area (Å²) < 4.78 is 14.7. The lowest BCUT2D eigenvalue weighted by atomic mass is 9.72. The molecular formula is C19H12ClFN4O2. The molecule has 0 aliphatic carbocycles. The van der Waals surface area contributed by atoms with Gasteiger partial charge in [-0.05, 0) is 48.0 Å². The number of aromatic nitrogens is 2. The lowest BCUT2D eigenvalue weighted by molar-refractivity contribution is -0.125. The number of nitrogens with zero attached hydrogens (tertiary/aromatic N) is 2. The van der Waals surface area contributed by atoms with Gasteiger partial charge in [-0.1, -0.05) is 11.6 Å². The fourth-order valence-corrected chi connectivity index (χ4v) is 4.02. The molecule has 1 atom stereocenters. The molecule has 2 N–H and O–H groups in total. The normalized spacial score (nSPS) is 20.2. The monoisotopic (exact) mass is 382 g/mol. The summed E-state index contributed by atoms with van der Waals surface area (Å²) in [6, 6.07) is 10.8. The van der Waals surface area contributed by atoms with Crippen LogP contribution in [0, 0.1) is 5.82 Å². The first-order chi connectivity index (χ1) is 13.0. The van der Waals surface area contributed by atoms with Crippen LogP contribution >= 0.6 is 11.6 Å². The van der Waals surface area contributed by atoms with Crippen LogP contribution in [0.1, 0.15) is 17.5 Å². The number of carbonyl (C=O) groups is 2. The zero-order valence-corrected chi connectivity index (χ0v) is 14.5. The van der Waals surface area contributed by atoms with E-state index in [1.165, 1.54) is 16.8 Å². The largest absolute Gasteiger partial charge is 0.325 e. The topological polar surface area (TPSA) is 76.0 Å². The number of fused-ring (bicyclic) bond motifs is 4. The molecule has 0 fully saturated rings. The molecule has 134 valence electrons. The van der Waals surface area contributed by atoms with Crippen molar-refractivity contribution in [2.45, 2.75) is 11.8 Å². The third-order valence-electron chi connectivity index (χ3n) is 5.06. The Bertz CT molecular complexity index is 1130. The van der Waals surface area contributed by atoms with E-state index in [1.54, 1.807) is 36.5 Å². The number of benzene rings is 2. The lowest BCUT2D eigenvalue weighted by Crippen LogP contribution is -2.43. The maximum absolute atomic E-state index is 13.3. The fraction of sp³-hybridized carbons (Fsp3) is 0.105. The van der Waals surface area contributed by atoms with Gasteiger partial charge < -0.3 is 10.6 Å². The van der Waals surface area contributed by atoms with E-state index in [4.69, 9.17) is 11.6 Å². The Balaban J connectivity index is 1.76. The highest BCUT2D eigenvalue weighted by atomic mass is 35.5. The third kappa shape index (κ3) is 2.15. The van der Waals surface area contributed by atoms with Gasteiger partial charge in [0.05, 0.1) is 11.9 Å². The molecule has 1 aromatic heterocycles. The second-order valence-corrected chi connectivity index (χ2v) is 7.01. The number of hydrogen-bond acceptors (Lipinski definition) is 3. The minimum atomic E-state index is -1.20. The van der Waals surface area contributed by atoms with Gasteiger partial charge in [-0.25, -0.2) is 9.07 Å². The van der Waals surface area contributed by atoms with Crippen LogP contribution in [0.15, 0.2) is 48.7 Å². The molecule has 2 amide bonds. The van der Waals surface area contributed by atoms with Crippen molar-refractivity contribution in [2.75, 3.05) is 10.6 Å². The molecule has 2 aliphatic rings. The Hall–Kier alpha value is -3.19. The van der Waals surface area contributed by atoms with Gasteiger partial charge in [0.2, 0.25) is 11.8 Å². The zero-order chi connectivity index (χ0) is 18.8. The highest BCUT2D eigenvalue weighted by molar-refractivity contribution is 6.31. The molecule has 0 radical (unpaired) electrons. The molecular weight excluding hydrogens is 371 g/mol. The molecule has 3 aromatic rings. The number of amides is 2. The first kappa shape index (κ1) is 16.0. The van der Waals surface area contributed by atoms with Crippen molar-refractivity contribution < 1.29 is 14.0 Å². The molecule has 2 aromatic carbocycles. The first-order valence-electron chi connectivity index (χ1n) is 8.25. The Kier molecular flexibility index (Phi) is 3.21. The minimum Gasteiger partial charge on any atom is -0.325 e. The predicted octanol–water partition coefficient (Wildman–Crippen LogP) is 3.25. The summed E-state index contributed by atoms with van der Waals surface area (Å²) in [5.41, 5.74) is 1.22. The molecule has 5 rings (SSSR count). The SMILES string of the molecule is O=C1C[C@]2(C(=O)Nc3ccc(Cl)cc32)c2cnn(-c3ccc(F)cc3)c2N1. The van der Waals surface area contributed by atoms with Crippen molar-refractivity contribution in [3.63, 3.8) is 0 Å². The average Bonchev–Trinajstić information content (AvgIpc) is 3.17. The molecule has 27 heavy (non-hydrogen) atoms. The Morgan fingerprint density at radius 2 is 1.85 bits per heavy atom. The van der Waals surface area contributed by atoms with Crippen LogP contribution in [0.25, 0.3) is 5.69 Å². The lowest BCUT2D eigenvalue weighted by Gasteiger charge is -2.31. The predicted molar refractivity (Wildman–Crippen MR) is 97.6 cm³/mol. The van der Waals surface area contributed by atoms with Crippen molar-refractivity contribution in [3.8, 4) is 5.69 Å². The number of carbonyl (C=O) groups excluding carboxylic acids is 2. The van der Waals surface area contributed by atoms with Crippen LogP contribution in [0.2, 0.25) is 5.02 Å². The molecule has 0 saturated carbocycles. The van der Waals surface area contributed by atoms with Gasteiger partial charge in [-0.3, -0.25) is 9.59 Å². The number of anilines is 2. The van der Waals surface area contributed by atoms with E-state index in [2.05, 4.69) is 15.7 Å². The molecule has 0 unspecified atom stereocenters. The minimum absolute atomic E-state index is 0.0473. The highest BCUT2D eigenvalue weighted by Gasteiger charge is 2.54. The van der Waals surface area contributed by atoms with E-state index in [1.807, 2.05) is 0 Å². The summed E-state index contributed by atoms with van der Waals surface area (Å²) in [5.74, 6) is -0.594. The van der Waals surface area contributed by atoms with Crippen molar-refractivity contribution >= 4 is 34.9 Å². The van der Waals surface area contributed by atoms with Crippen LogP contribution in [0.3, 0.4) is 0 Å². The maximum Gasteiger partial charge on any atom is 0.240 e. The summed E-state index contributed by atoms with van der Waals surface area (Å²) in [5, 5.41) is 10.5. The number of halogens is 2. The molecule has 1 spiro atoms. The van der Waals surface area contributed by atoms with E-state index < -0.39 is 5.41 Å². The van der Waals surface area contributed by atoms with Gasteiger partial charge in [0.15, 0.2) is 0 Å². The van der Waals surface area contributed by atoms with Crippen LogP contribution < -0.4 is 10.6 Å². The summed E-state index contributed by atoms with van der Waals surface area (Å²) in [7, 11) is 0. The fourth-order valence-electron chi connectivity index (χ4n) is 3.84. The second kappa shape index (κ2) is 5.40. The highest BCUT2D eigenvalue weighted by Crippen LogP contribution is 2.50. The van der Waals surface area contributed by atoms with Gasteiger partial charge >= 0.3 is 0 Å². The Morgan fingerprint density at radius 3 is 2.63 bits per heavy atom.